The van der Waals surface area contributed by atoms with E-state index in [1.165, 1.54) is 24.2 Å². The van der Waals surface area contributed by atoms with Gasteiger partial charge in [-0.1, -0.05) is 11.6 Å². The summed E-state index contributed by atoms with van der Waals surface area (Å²) in [6, 6.07) is 7.44. The Bertz CT molecular complexity index is 1280. The molecule has 2 aromatic rings. The van der Waals surface area contributed by atoms with Gasteiger partial charge in [0.05, 0.1) is 38.8 Å². The maximum Gasteiger partial charge on any atom is 0.262 e. The van der Waals surface area contributed by atoms with Crippen molar-refractivity contribution in [1.29, 1.82) is 5.26 Å². The zero-order valence-corrected chi connectivity index (χ0v) is 22.7. The van der Waals surface area contributed by atoms with Gasteiger partial charge in [-0.05, 0) is 94.7 Å². The van der Waals surface area contributed by atoms with Crippen LogP contribution in [0.15, 0.2) is 24.4 Å². The van der Waals surface area contributed by atoms with Crippen LogP contribution in [-0.4, -0.2) is 28.4 Å². The quantitative estimate of drug-likeness (QED) is 0.398. The molecule has 7 nitrogen and oxygen atoms in total. The molecule has 2 aromatic heterocycles. The molecule has 5 saturated carbocycles. The summed E-state index contributed by atoms with van der Waals surface area (Å²) in [4.78, 5) is 32.6. The molecule has 2 heterocycles. The molecule has 37 heavy (non-hydrogen) atoms. The van der Waals surface area contributed by atoms with Crippen LogP contribution in [0, 0.1) is 41.4 Å². The van der Waals surface area contributed by atoms with E-state index in [9.17, 15) is 14.9 Å². The van der Waals surface area contributed by atoms with Gasteiger partial charge in [-0.2, -0.15) is 5.26 Å². The molecule has 0 saturated heterocycles. The molecule has 0 aliphatic heterocycles. The van der Waals surface area contributed by atoms with Gasteiger partial charge in [0.15, 0.2) is 0 Å². The summed E-state index contributed by atoms with van der Waals surface area (Å²) in [5, 5.41) is 19.6. The standard InChI is InChI=1S/C28H32ClN5O2S/c1-15-21(9-19(29)10-31-15)32-16(2)23-5-6-24(37-23)26(36)33-22(8-18-4-3-17-7-20(17)18)25(35)34-28-11-27(12-28,13-28)14-30/h5-6,9-10,16-18,20,22,32H,3-4,7-8,11-13H2,1-2H3,(H,33,36)(H,34,35)/t16-,17?,18?,20?,22-,27?,28?/m0/s1. The summed E-state index contributed by atoms with van der Waals surface area (Å²) >= 11 is 7.54. The number of hydrogen-bond donors (Lipinski definition) is 3. The number of thiophene rings is 1. The Hall–Kier alpha value is -2.63. The van der Waals surface area contributed by atoms with Crippen LogP contribution >= 0.6 is 22.9 Å². The summed E-state index contributed by atoms with van der Waals surface area (Å²) in [6.45, 7) is 3.96. The largest absolute Gasteiger partial charge is 0.376 e. The highest BCUT2D eigenvalue weighted by atomic mass is 35.5. The number of nitriles is 1. The fourth-order valence-electron chi connectivity index (χ4n) is 6.93. The van der Waals surface area contributed by atoms with Crippen LogP contribution in [0.4, 0.5) is 5.69 Å². The summed E-state index contributed by atoms with van der Waals surface area (Å²) in [6.07, 6.45) is 8.16. The Labute approximate surface area is 226 Å². The third-order valence-corrected chi connectivity index (χ3v) is 10.5. The van der Waals surface area contributed by atoms with Crippen molar-refractivity contribution in [2.75, 3.05) is 5.32 Å². The van der Waals surface area contributed by atoms with Gasteiger partial charge in [-0.15, -0.1) is 11.3 Å². The topological polar surface area (TPSA) is 107 Å². The van der Waals surface area contributed by atoms with Gasteiger partial charge >= 0.3 is 0 Å². The van der Waals surface area contributed by atoms with Gasteiger partial charge in [0.1, 0.15) is 6.04 Å². The molecular formula is C28H32ClN5O2S. The fourth-order valence-corrected chi connectivity index (χ4v) is 8.00. The average Bonchev–Trinajstić information content (AvgIpc) is 3.23. The van der Waals surface area contributed by atoms with Crippen molar-refractivity contribution in [1.82, 2.24) is 15.6 Å². The van der Waals surface area contributed by atoms with E-state index in [0.717, 1.165) is 47.9 Å². The van der Waals surface area contributed by atoms with Crippen molar-refractivity contribution in [3.63, 3.8) is 0 Å². The summed E-state index contributed by atoms with van der Waals surface area (Å²) < 4.78 is 0. The Morgan fingerprint density at radius 1 is 1.30 bits per heavy atom. The van der Waals surface area contributed by atoms with Crippen LogP contribution in [0.5, 0.6) is 0 Å². The molecule has 9 heteroatoms. The predicted octanol–water partition coefficient (Wildman–Crippen LogP) is 5.38. The number of fused-ring (bicyclic) bond motifs is 1. The second kappa shape index (κ2) is 8.99. The lowest BCUT2D eigenvalue weighted by Crippen LogP contribution is -2.75. The Morgan fingerprint density at radius 2 is 2.08 bits per heavy atom. The maximum atomic E-state index is 13.4. The highest BCUT2D eigenvalue weighted by Gasteiger charge is 2.69. The Balaban J connectivity index is 1.12. The summed E-state index contributed by atoms with van der Waals surface area (Å²) in [5.41, 5.74) is 1.25. The predicted molar refractivity (Wildman–Crippen MR) is 143 cm³/mol. The minimum Gasteiger partial charge on any atom is -0.376 e. The molecule has 3 unspecified atom stereocenters. The van der Waals surface area contributed by atoms with Gasteiger partial charge in [-0.25, -0.2) is 0 Å². The summed E-state index contributed by atoms with van der Waals surface area (Å²) in [5.74, 6) is 1.73. The third kappa shape index (κ3) is 4.61. The van der Waals surface area contributed by atoms with Crippen LogP contribution in [0.2, 0.25) is 5.02 Å². The van der Waals surface area contributed by atoms with Gasteiger partial charge in [0.2, 0.25) is 5.91 Å². The number of nitrogens with one attached hydrogen (secondary N) is 3. The van der Waals surface area contributed by atoms with E-state index in [2.05, 4.69) is 27.0 Å². The number of carbonyl (C=O) groups excluding carboxylic acids is 2. The number of hydrogen-bond acceptors (Lipinski definition) is 6. The van der Waals surface area contributed by atoms with Crippen LogP contribution < -0.4 is 16.0 Å². The smallest absolute Gasteiger partial charge is 0.262 e. The van der Waals surface area contributed by atoms with Crippen LogP contribution in [0.3, 0.4) is 0 Å². The van der Waals surface area contributed by atoms with Crippen LogP contribution in [-0.2, 0) is 4.79 Å². The van der Waals surface area contributed by atoms with E-state index in [4.69, 9.17) is 11.6 Å². The van der Waals surface area contributed by atoms with E-state index in [-0.39, 0.29) is 28.8 Å². The number of aromatic nitrogens is 1. The zero-order valence-electron chi connectivity index (χ0n) is 21.1. The Morgan fingerprint density at radius 3 is 2.76 bits per heavy atom. The molecule has 5 aliphatic rings. The third-order valence-electron chi connectivity index (χ3n) is 9.01. The first kappa shape index (κ1) is 24.7. The molecular weight excluding hydrogens is 506 g/mol. The first-order valence-corrected chi connectivity index (χ1v) is 14.4. The number of carbonyl (C=O) groups is 2. The molecule has 5 atom stereocenters. The number of amides is 2. The first-order chi connectivity index (χ1) is 17.7. The summed E-state index contributed by atoms with van der Waals surface area (Å²) in [7, 11) is 0. The minimum absolute atomic E-state index is 0.0355. The van der Waals surface area contributed by atoms with E-state index in [1.807, 2.05) is 32.0 Å². The molecule has 0 spiro atoms. The molecule has 5 fully saturated rings. The fraction of sp³-hybridized carbons (Fsp3) is 0.571. The first-order valence-electron chi connectivity index (χ1n) is 13.2. The van der Waals surface area contributed by atoms with Crippen molar-refractivity contribution >= 4 is 40.4 Å². The second-order valence-corrected chi connectivity index (χ2v) is 13.4. The number of rotatable bonds is 9. The van der Waals surface area contributed by atoms with Crippen LogP contribution in [0.1, 0.15) is 78.2 Å². The van der Waals surface area contributed by atoms with Gasteiger partial charge in [0.25, 0.3) is 5.91 Å². The van der Waals surface area contributed by atoms with Gasteiger partial charge < -0.3 is 16.0 Å². The zero-order chi connectivity index (χ0) is 25.9. The molecule has 0 aromatic carbocycles. The monoisotopic (exact) mass is 537 g/mol. The maximum absolute atomic E-state index is 13.4. The van der Waals surface area contributed by atoms with Crippen molar-refractivity contribution in [2.45, 2.75) is 76.4 Å². The second-order valence-electron chi connectivity index (χ2n) is 11.8. The van der Waals surface area contributed by atoms with Crippen molar-refractivity contribution < 1.29 is 9.59 Å². The lowest BCUT2D eigenvalue weighted by molar-refractivity contribution is -0.146. The van der Waals surface area contributed by atoms with E-state index >= 15 is 0 Å². The minimum atomic E-state index is -0.551. The molecule has 0 radical (unpaired) electrons. The van der Waals surface area contributed by atoms with Gasteiger partial charge in [-0.3, -0.25) is 14.6 Å². The van der Waals surface area contributed by atoms with Crippen molar-refractivity contribution in [3.05, 3.63) is 44.9 Å². The Kier molecular flexibility index (Phi) is 6.00. The number of pyridine rings is 1. The molecule has 3 N–H and O–H groups in total. The molecule has 2 amide bonds. The number of nitrogens with zero attached hydrogens (tertiary/aromatic N) is 2. The van der Waals surface area contributed by atoms with Crippen molar-refractivity contribution in [3.8, 4) is 6.07 Å². The van der Waals surface area contributed by atoms with Crippen molar-refractivity contribution in [2.24, 2.45) is 23.2 Å². The number of halogens is 1. The molecule has 2 bridgehead atoms. The molecule has 7 rings (SSSR count). The normalized spacial score (nSPS) is 32.1. The number of aryl methyl sites for hydroxylation is 1. The van der Waals surface area contributed by atoms with Crippen LogP contribution in [0.25, 0.3) is 0 Å². The SMILES string of the molecule is Cc1ncc(Cl)cc1N[C@@H](C)c1ccc(C(=O)N[C@@H](CC2CCC3CC32)C(=O)NC23CC(C#N)(C2)C3)s1. The van der Waals surface area contributed by atoms with E-state index in [1.54, 1.807) is 6.20 Å². The van der Waals surface area contributed by atoms with Gasteiger partial charge in [0, 0.05) is 16.6 Å². The molecule has 194 valence electrons. The lowest BCUT2D eigenvalue weighted by atomic mass is 9.40. The highest BCUT2D eigenvalue weighted by molar-refractivity contribution is 7.14. The number of anilines is 1. The molecule has 5 aliphatic carbocycles. The van der Waals surface area contributed by atoms with E-state index < -0.39 is 6.04 Å². The average molecular weight is 538 g/mol. The van der Waals surface area contributed by atoms with E-state index in [0.29, 0.717) is 28.2 Å². The highest BCUT2D eigenvalue weighted by Crippen LogP contribution is 2.66. The lowest BCUT2D eigenvalue weighted by Gasteiger charge is -2.67.